The van der Waals surface area contributed by atoms with Gasteiger partial charge in [-0.2, -0.15) is 0 Å². The maximum absolute atomic E-state index is 12.7. The molecule has 0 atom stereocenters. The molecule has 4 heteroatoms. The van der Waals surface area contributed by atoms with Crippen LogP contribution in [-0.4, -0.2) is 16.0 Å². The Balaban J connectivity index is 1.83. The predicted molar refractivity (Wildman–Crippen MR) is 93.6 cm³/mol. The molecule has 0 spiro atoms. The van der Waals surface area contributed by atoms with Crippen molar-refractivity contribution in [3.05, 3.63) is 81.8 Å². The summed E-state index contributed by atoms with van der Waals surface area (Å²) in [4.78, 5) is 17.1. The Morgan fingerprint density at radius 2 is 1.78 bits per heavy atom. The first-order valence-electron chi connectivity index (χ1n) is 7.46. The van der Waals surface area contributed by atoms with E-state index in [1.165, 1.54) is 0 Å². The third kappa shape index (κ3) is 2.25. The van der Waals surface area contributed by atoms with Gasteiger partial charge < -0.3 is 0 Å². The Kier molecular flexibility index (Phi) is 3.08. The quantitative estimate of drug-likeness (QED) is 0.770. The summed E-state index contributed by atoms with van der Waals surface area (Å²) in [7, 11) is 0. The van der Waals surface area contributed by atoms with E-state index in [2.05, 4.69) is 10.1 Å². The van der Waals surface area contributed by atoms with Gasteiger partial charge in [0.2, 0.25) is 0 Å². The van der Waals surface area contributed by atoms with E-state index in [1.807, 2.05) is 73.8 Å². The molecule has 0 radical (unpaired) electrons. The SMILES string of the molecule is Cc1[nH]n(-c2ccccc2)c(=O)c1/C=C1\C=Nc2ccccc21. The fourth-order valence-corrected chi connectivity index (χ4v) is 2.80. The van der Waals surface area contributed by atoms with E-state index < -0.39 is 0 Å². The Bertz CT molecular complexity index is 991. The summed E-state index contributed by atoms with van der Waals surface area (Å²) < 4.78 is 1.57. The van der Waals surface area contributed by atoms with Crippen LogP contribution in [0.2, 0.25) is 0 Å². The fourth-order valence-electron chi connectivity index (χ4n) is 2.80. The average Bonchev–Trinajstić information content (AvgIpc) is 3.12. The highest BCUT2D eigenvalue weighted by atomic mass is 16.1. The van der Waals surface area contributed by atoms with E-state index >= 15 is 0 Å². The number of nitrogens with zero attached hydrogens (tertiary/aromatic N) is 2. The molecule has 0 fully saturated rings. The highest BCUT2D eigenvalue weighted by molar-refractivity contribution is 6.21. The molecule has 0 aliphatic carbocycles. The first-order valence-corrected chi connectivity index (χ1v) is 7.46. The molecule has 1 aliphatic heterocycles. The number of aromatic nitrogens is 2. The number of allylic oxidation sites excluding steroid dienone is 1. The number of rotatable bonds is 2. The third-order valence-corrected chi connectivity index (χ3v) is 3.99. The number of nitrogens with one attached hydrogen (secondary N) is 1. The summed E-state index contributed by atoms with van der Waals surface area (Å²) in [6, 6.07) is 17.5. The first-order chi connectivity index (χ1) is 11.2. The molecule has 0 saturated heterocycles. The molecule has 23 heavy (non-hydrogen) atoms. The minimum Gasteiger partial charge on any atom is -0.295 e. The molecular formula is C19H15N3O. The van der Waals surface area contributed by atoms with Crippen LogP contribution in [0.4, 0.5) is 5.69 Å². The van der Waals surface area contributed by atoms with Crippen LogP contribution in [0.3, 0.4) is 0 Å². The van der Waals surface area contributed by atoms with E-state index in [1.54, 1.807) is 4.68 Å². The van der Waals surface area contributed by atoms with Gasteiger partial charge >= 0.3 is 0 Å². The van der Waals surface area contributed by atoms with Gasteiger partial charge in [0.1, 0.15) is 0 Å². The van der Waals surface area contributed by atoms with Gasteiger partial charge in [-0.3, -0.25) is 14.9 Å². The maximum atomic E-state index is 12.7. The summed E-state index contributed by atoms with van der Waals surface area (Å²) in [5.41, 5.74) is 5.22. The molecule has 2 heterocycles. The Labute approximate surface area is 133 Å². The number of aliphatic imine (C=N–C) groups is 1. The van der Waals surface area contributed by atoms with Gasteiger partial charge in [0.25, 0.3) is 5.56 Å². The summed E-state index contributed by atoms with van der Waals surface area (Å²) in [6.07, 6.45) is 3.71. The lowest BCUT2D eigenvalue weighted by atomic mass is 10.0. The molecule has 2 aromatic carbocycles. The number of hydrogen-bond acceptors (Lipinski definition) is 2. The van der Waals surface area contributed by atoms with Crippen LogP contribution < -0.4 is 5.56 Å². The van der Waals surface area contributed by atoms with Gasteiger partial charge in [-0.1, -0.05) is 36.4 Å². The summed E-state index contributed by atoms with van der Waals surface area (Å²) in [6.45, 7) is 1.91. The van der Waals surface area contributed by atoms with Crippen molar-refractivity contribution < 1.29 is 0 Å². The van der Waals surface area contributed by atoms with Crippen molar-refractivity contribution in [2.75, 3.05) is 0 Å². The van der Waals surface area contributed by atoms with Crippen LogP contribution >= 0.6 is 0 Å². The topological polar surface area (TPSA) is 50.1 Å². The second-order valence-electron chi connectivity index (χ2n) is 5.50. The third-order valence-electron chi connectivity index (χ3n) is 3.99. The number of para-hydroxylation sites is 2. The molecule has 4 nitrogen and oxygen atoms in total. The highest BCUT2D eigenvalue weighted by Crippen LogP contribution is 2.32. The lowest BCUT2D eigenvalue weighted by molar-refractivity contribution is 0.835. The van der Waals surface area contributed by atoms with Crippen molar-refractivity contribution in [1.82, 2.24) is 9.78 Å². The van der Waals surface area contributed by atoms with Crippen LogP contribution in [0, 0.1) is 6.92 Å². The standard InChI is InChI=1S/C19H15N3O/c1-13-17(11-14-12-20-18-10-6-5-9-16(14)18)19(23)22(21-13)15-7-3-2-4-8-15/h2-12,21H,1H3/b14-11+. The molecule has 0 saturated carbocycles. The van der Waals surface area contributed by atoms with Gasteiger partial charge in [0.05, 0.1) is 16.9 Å². The second kappa shape index (κ2) is 5.25. The largest absolute Gasteiger partial charge is 0.295 e. The van der Waals surface area contributed by atoms with Gasteiger partial charge in [-0.25, -0.2) is 4.68 Å². The average molecular weight is 301 g/mol. The molecule has 0 bridgehead atoms. The number of aryl methyl sites for hydroxylation is 1. The maximum Gasteiger partial charge on any atom is 0.278 e. The van der Waals surface area contributed by atoms with Crippen LogP contribution in [0.25, 0.3) is 17.3 Å². The second-order valence-corrected chi connectivity index (χ2v) is 5.50. The molecule has 112 valence electrons. The molecule has 1 aromatic heterocycles. The number of hydrogen-bond donors (Lipinski definition) is 1. The first kappa shape index (κ1) is 13.5. The minimum absolute atomic E-state index is 0.0565. The van der Waals surface area contributed by atoms with Crippen molar-refractivity contribution in [1.29, 1.82) is 0 Å². The van der Waals surface area contributed by atoms with E-state index in [0.717, 1.165) is 28.2 Å². The van der Waals surface area contributed by atoms with E-state index in [-0.39, 0.29) is 5.56 Å². The van der Waals surface area contributed by atoms with Gasteiger partial charge in [0.15, 0.2) is 0 Å². The minimum atomic E-state index is -0.0565. The summed E-state index contributed by atoms with van der Waals surface area (Å²) >= 11 is 0. The number of benzene rings is 2. The molecule has 3 aromatic rings. The van der Waals surface area contributed by atoms with E-state index in [0.29, 0.717) is 5.56 Å². The van der Waals surface area contributed by atoms with Crippen molar-refractivity contribution in [3.8, 4) is 5.69 Å². The monoisotopic (exact) mass is 301 g/mol. The number of fused-ring (bicyclic) bond motifs is 1. The van der Waals surface area contributed by atoms with E-state index in [4.69, 9.17) is 0 Å². The van der Waals surface area contributed by atoms with E-state index in [9.17, 15) is 4.79 Å². The smallest absolute Gasteiger partial charge is 0.278 e. The fraction of sp³-hybridized carbons (Fsp3) is 0.0526. The molecule has 1 aliphatic rings. The van der Waals surface area contributed by atoms with Gasteiger partial charge in [-0.05, 0) is 31.2 Å². The van der Waals surface area contributed by atoms with Crippen molar-refractivity contribution in [2.45, 2.75) is 6.92 Å². The van der Waals surface area contributed by atoms with Crippen molar-refractivity contribution in [3.63, 3.8) is 0 Å². The molecule has 0 unspecified atom stereocenters. The van der Waals surface area contributed by atoms with Crippen molar-refractivity contribution in [2.24, 2.45) is 4.99 Å². The van der Waals surface area contributed by atoms with Gasteiger partial charge in [-0.15, -0.1) is 0 Å². The number of H-pyrrole nitrogens is 1. The lowest BCUT2D eigenvalue weighted by Gasteiger charge is -1.99. The Morgan fingerprint density at radius 3 is 2.61 bits per heavy atom. The predicted octanol–water partition coefficient (Wildman–Crippen LogP) is 3.73. The molecular weight excluding hydrogens is 286 g/mol. The molecule has 1 N–H and O–H groups in total. The van der Waals surface area contributed by atoms with Crippen LogP contribution in [0.15, 0.2) is 64.4 Å². The van der Waals surface area contributed by atoms with Crippen molar-refractivity contribution >= 4 is 23.6 Å². The Morgan fingerprint density at radius 1 is 1.04 bits per heavy atom. The normalized spacial score (nSPS) is 14.4. The van der Waals surface area contributed by atoms with Gasteiger partial charge in [0, 0.05) is 23.0 Å². The zero-order chi connectivity index (χ0) is 15.8. The lowest BCUT2D eigenvalue weighted by Crippen LogP contribution is -2.15. The summed E-state index contributed by atoms with van der Waals surface area (Å²) in [5.74, 6) is 0. The van der Waals surface area contributed by atoms with Crippen LogP contribution in [-0.2, 0) is 0 Å². The van der Waals surface area contributed by atoms with Crippen LogP contribution in [0.1, 0.15) is 16.8 Å². The van der Waals surface area contributed by atoms with Crippen LogP contribution in [0.5, 0.6) is 0 Å². The highest BCUT2D eigenvalue weighted by Gasteiger charge is 2.15. The molecule has 4 rings (SSSR count). The zero-order valence-electron chi connectivity index (χ0n) is 12.7. The zero-order valence-corrected chi connectivity index (χ0v) is 12.7. The molecule has 0 amide bonds. The summed E-state index contributed by atoms with van der Waals surface area (Å²) in [5, 5.41) is 3.14. The number of aromatic amines is 1. The Hall–Kier alpha value is -3.14.